The van der Waals surface area contributed by atoms with Crippen LogP contribution in [0.1, 0.15) is 17.7 Å². The van der Waals surface area contributed by atoms with Crippen molar-refractivity contribution in [3.05, 3.63) is 53.9 Å². The molecule has 3 heterocycles. The van der Waals surface area contributed by atoms with Gasteiger partial charge in [0.25, 0.3) is 0 Å². The average molecular weight is 452 g/mol. The van der Waals surface area contributed by atoms with Crippen molar-refractivity contribution in [1.82, 2.24) is 15.2 Å². The second kappa shape index (κ2) is 7.78. The molecule has 0 bridgehead atoms. The number of piperazine rings is 1. The predicted molar refractivity (Wildman–Crippen MR) is 104 cm³/mol. The SMILES string of the molecule is N#Cc1ccc(O[C@@]2(S(=O)(=O)c3cccc(C(F)(F)F)c3)C[C@H]3CNCCN3C2)cn1. The van der Waals surface area contributed by atoms with Crippen LogP contribution in [-0.2, 0) is 16.0 Å². The van der Waals surface area contributed by atoms with Crippen LogP contribution in [0.15, 0.2) is 47.5 Å². The number of benzene rings is 1. The van der Waals surface area contributed by atoms with Gasteiger partial charge >= 0.3 is 6.18 Å². The lowest BCUT2D eigenvalue weighted by atomic mass is 10.1. The maximum absolute atomic E-state index is 13.7. The van der Waals surface area contributed by atoms with Gasteiger partial charge in [-0.05, 0) is 30.3 Å². The number of nitrogens with one attached hydrogen (secondary N) is 1. The molecule has 4 rings (SSSR count). The fourth-order valence-corrected chi connectivity index (χ4v) is 5.97. The van der Waals surface area contributed by atoms with E-state index in [4.69, 9.17) is 10.00 Å². The first-order valence-electron chi connectivity index (χ1n) is 9.56. The van der Waals surface area contributed by atoms with Gasteiger partial charge in [-0.25, -0.2) is 13.4 Å². The summed E-state index contributed by atoms with van der Waals surface area (Å²) in [6, 6.07) is 8.27. The molecule has 0 saturated carbocycles. The zero-order chi connectivity index (χ0) is 22.3. The smallest absolute Gasteiger partial charge is 0.416 e. The molecule has 7 nitrogen and oxygen atoms in total. The number of pyridine rings is 1. The minimum Gasteiger partial charge on any atom is -0.468 e. The van der Waals surface area contributed by atoms with Gasteiger partial charge in [-0.15, -0.1) is 0 Å². The van der Waals surface area contributed by atoms with E-state index in [0.717, 1.165) is 18.2 Å². The van der Waals surface area contributed by atoms with Crippen molar-refractivity contribution in [2.24, 2.45) is 0 Å². The van der Waals surface area contributed by atoms with Gasteiger partial charge < -0.3 is 10.1 Å². The Morgan fingerprint density at radius 1 is 1.29 bits per heavy atom. The van der Waals surface area contributed by atoms with Gasteiger partial charge in [-0.3, -0.25) is 4.90 Å². The normalized spacial score (nSPS) is 24.4. The molecular weight excluding hydrogens is 433 g/mol. The summed E-state index contributed by atoms with van der Waals surface area (Å²) >= 11 is 0. The number of hydrogen-bond donors (Lipinski definition) is 1. The molecule has 0 unspecified atom stereocenters. The van der Waals surface area contributed by atoms with Gasteiger partial charge in [0, 0.05) is 32.1 Å². The summed E-state index contributed by atoms with van der Waals surface area (Å²) in [4.78, 5) is 3.64. The minimum absolute atomic E-state index is 0.0118. The Labute approximate surface area is 177 Å². The van der Waals surface area contributed by atoms with Crippen LogP contribution in [0.4, 0.5) is 13.2 Å². The maximum atomic E-state index is 13.7. The number of halogens is 3. The monoisotopic (exact) mass is 452 g/mol. The van der Waals surface area contributed by atoms with E-state index >= 15 is 0 Å². The first-order chi connectivity index (χ1) is 14.6. The topological polar surface area (TPSA) is 95.3 Å². The average Bonchev–Trinajstić information content (AvgIpc) is 3.13. The zero-order valence-corrected chi connectivity index (χ0v) is 17.1. The highest BCUT2D eigenvalue weighted by molar-refractivity contribution is 7.92. The molecule has 1 N–H and O–H groups in total. The summed E-state index contributed by atoms with van der Waals surface area (Å²) in [5.41, 5.74) is -0.906. The van der Waals surface area contributed by atoms with Crippen LogP contribution in [0.5, 0.6) is 5.75 Å². The summed E-state index contributed by atoms with van der Waals surface area (Å²) in [5, 5.41) is 12.1. The summed E-state index contributed by atoms with van der Waals surface area (Å²) in [5.74, 6) is 0.127. The number of ether oxygens (including phenoxy) is 1. The van der Waals surface area contributed by atoms with Crippen molar-refractivity contribution >= 4 is 9.84 Å². The molecule has 2 aliphatic rings. The van der Waals surface area contributed by atoms with Crippen LogP contribution < -0.4 is 10.1 Å². The van der Waals surface area contributed by atoms with Crippen molar-refractivity contribution in [3.8, 4) is 11.8 Å². The Morgan fingerprint density at radius 3 is 2.74 bits per heavy atom. The fourth-order valence-electron chi connectivity index (χ4n) is 4.04. The molecule has 2 saturated heterocycles. The summed E-state index contributed by atoms with van der Waals surface area (Å²) in [6.07, 6.45) is -3.34. The van der Waals surface area contributed by atoms with E-state index in [-0.39, 0.29) is 30.5 Å². The van der Waals surface area contributed by atoms with E-state index in [1.54, 1.807) is 0 Å². The Balaban J connectivity index is 1.78. The standard InChI is InChI=1S/C20H19F3N4O3S/c21-20(22,23)14-2-1-3-18(8-14)31(28,29)19(9-16-11-25-6-7-27(16)13-19)30-17-5-4-15(10-24)26-12-17/h1-5,8,12,16,25H,6-7,9,11,13H2/t16-,19+/m0/s1. The van der Waals surface area contributed by atoms with E-state index < -0.39 is 31.4 Å². The lowest BCUT2D eigenvalue weighted by molar-refractivity contribution is -0.137. The van der Waals surface area contributed by atoms with Crippen molar-refractivity contribution in [2.45, 2.75) is 28.5 Å². The third-order valence-corrected chi connectivity index (χ3v) is 7.81. The molecule has 0 aliphatic carbocycles. The van der Waals surface area contributed by atoms with E-state index in [2.05, 4.69) is 10.3 Å². The Kier molecular flexibility index (Phi) is 5.41. The molecule has 2 fully saturated rings. The van der Waals surface area contributed by atoms with Gasteiger partial charge in [0.2, 0.25) is 14.8 Å². The Morgan fingerprint density at radius 2 is 2.10 bits per heavy atom. The second-order valence-electron chi connectivity index (χ2n) is 7.57. The van der Waals surface area contributed by atoms with Crippen LogP contribution in [0.3, 0.4) is 0 Å². The number of fused-ring (bicyclic) bond motifs is 1. The van der Waals surface area contributed by atoms with Crippen LogP contribution in [-0.4, -0.2) is 55.5 Å². The minimum atomic E-state index is -4.67. The molecule has 1 aromatic heterocycles. The highest BCUT2D eigenvalue weighted by Gasteiger charge is 2.56. The number of nitriles is 1. The van der Waals surface area contributed by atoms with E-state index in [1.807, 2.05) is 11.0 Å². The summed E-state index contributed by atoms with van der Waals surface area (Å²) < 4.78 is 73.0. The molecule has 11 heteroatoms. The fraction of sp³-hybridized carbons (Fsp3) is 0.400. The number of sulfone groups is 1. The number of rotatable bonds is 4. The molecule has 0 spiro atoms. The first-order valence-corrected chi connectivity index (χ1v) is 11.0. The first kappa shape index (κ1) is 21.5. The van der Waals surface area contributed by atoms with E-state index in [1.165, 1.54) is 18.3 Å². The molecule has 2 aromatic rings. The molecule has 2 atom stereocenters. The van der Waals surface area contributed by atoms with Crippen molar-refractivity contribution in [3.63, 3.8) is 0 Å². The number of hydrogen-bond acceptors (Lipinski definition) is 7. The number of alkyl halides is 3. The van der Waals surface area contributed by atoms with Crippen molar-refractivity contribution in [1.29, 1.82) is 5.26 Å². The molecule has 0 amide bonds. The largest absolute Gasteiger partial charge is 0.468 e. The predicted octanol–water partition coefficient (Wildman–Crippen LogP) is 2.20. The molecule has 0 radical (unpaired) electrons. The van der Waals surface area contributed by atoms with E-state index in [0.29, 0.717) is 25.7 Å². The third kappa shape index (κ3) is 3.98. The van der Waals surface area contributed by atoms with Gasteiger partial charge in [0.15, 0.2) is 0 Å². The van der Waals surface area contributed by atoms with Gasteiger partial charge in [0.1, 0.15) is 17.5 Å². The van der Waals surface area contributed by atoms with Crippen LogP contribution >= 0.6 is 0 Å². The van der Waals surface area contributed by atoms with Gasteiger partial charge in [-0.2, -0.15) is 18.4 Å². The Bertz CT molecular complexity index is 1100. The Hall–Kier alpha value is -2.68. The summed E-state index contributed by atoms with van der Waals surface area (Å²) in [7, 11) is -4.34. The lowest BCUT2D eigenvalue weighted by Gasteiger charge is -2.30. The quantitative estimate of drug-likeness (QED) is 0.760. The maximum Gasteiger partial charge on any atom is 0.416 e. The third-order valence-electron chi connectivity index (χ3n) is 5.58. The van der Waals surface area contributed by atoms with Crippen LogP contribution in [0.25, 0.3) is 0 Å². The van der Waals surface area contributed by atoms with Crippen LogP contribution in [0, 0.1) is 11.3 Å². The van der Waals surface area contributed by atoms with E-state index in [9.17, 15) is 21.6 Å². The molecule has 2 aliphatic heterocycles. The highest BCUT2D eigenvalue weighted by atomic mass is 32.2. The van der Waals surface area contributed by atoms with Gasteiger partial charge in [-0.1, -0.05) is 6.07 Å². The molecular formula is C20H19F3N4O3S. The lowest BCUT2D eigenvalue weighted by Crippen LogP contribution is -2.49. The molecule has 164 valence electrons. The summed E-state index contributed by atoms with van der Waals surface area (Å²) in [6.45, 7) is 1.83. The van der Waals surface area contributed by atoms with Crippen molar-refractivity contribution in [2.75, 3.05) is 26.2 Å². The number of aromatic nitrogens is 1. The zero-order valence-electron chi connectivity index (χ0n) is 16.3. The van der Waals surface area contributed by atoms with Gasteiger partial charge in [0.05, 0.1) is 23.2 Å². The molecule has 31 heavy (non-hydrogen) atoms. The molecule has 1 aromatic carbocycles. The second-order valence-corrected chi connectivity index (χ2v) is 9.79. The van der Waals surface area contributed by atoms with Crippen molar-refractivity contribution < 1.29 is 26.3 Å². The number of nitrogens with zero attached hydrogens (tertiary/aromatic N) is 3. The van der Waals surface area contributed by atoms with Crippen LogP contribution in [0.2, 0.25) is 0 Å². The highest BCUT2D eigenvalue weighted by Crippen LogP contribution is 2.41.